The van der Waals surface area contributed by atoms with Gasteiger partial charge in [0, 0.05) is 18.2 Å². The average Bonchev–Trinajstić information content (AvgIpc) is 3.04. The Balaban J connectivity index is 1.91. The maximum atomic E-state index is 5.97. The standard InChI is InChI=1S/C21H23NO2/c1-11-7-14-9-17-18-15(5-6-22(17)4)13(3)20-21(24-10-23-20)19(18)16(14)8-12(11)2/h7-8,17H,5-6,9-10H2,1-4H3. The third-order valence-corrected chi connectivity index (χ3v) is 6.21. The van der Waals surface area contributed by atoms with Gasteiger partial charge in [0.2, 0.25) is 6.79 Å². The Hall–Kier alpha value is -2.00. The van der Waals surface area contributed by atoms with Crippen LogP contribution in [0.3, 0.4) is 0 Å². The molecule has 2 aliphatic heterocycles. The number of likely N-dealkylation sites (N-methyl/N-ethyl adjacent to an activating group) is 1. The highest BCUT2D eigenvalue weighted by molar-refractivity contribution is 5.85. The second kappa shape index (κ2) is 4.76. The van der Waals surface area contributed by atoms with Gasteiger partial charge in [-0.25, -0.2) is 0 Å². The van der Waals surface area contributed by atoms with E-state index >= 15 is 0 Å². The summed E-state index contributed by atoms with van der Waals surface area (Å²) >= 11 is 0. The van der Waals surface area contributed by atoms with E-state index in [1.807, 2.05) is 0 Å². The molecule has 0 saturated carbocycles. The van der Waals surface area contributed by atoms with E-state index < -0.39 is 0 Å². The fourth-order valence-electron chi connectivity index (χ4n) is 4.72. The smallest absolute Gasteiger partial charge is 0.231 e. The number of nitrogens with zero attached hydrogens (tertiary/aromatic N) is 1. The van der Waals surface area contributed by atoms with Crippen LogP contribution in [-0.4, -0.2) is 25.3 Å². The Morgan fingerprint density at radius 2 is 1.79 bits per heavy atom. The van der Waals surface area contributed by atoms with E-state index in [1.54, 1.807) is 0 Å². The van der Waals surface area contributed by atoms with Crippen LogP contribution < -0.4 is 9.47 Å². The number of rotatable bonds is 0. The van der Waals surface area contributed by atoms with Gasteiger partial charge in [0.05, 0.1) is 0 Å². The molecule has 1 aliphatic carbocycles. The predicted molar refractivity (Wildman–Crippen MR) is 95.0 cm³/mol. The lowest BCUT2D eigenvalue weighted by Gasteiger charge is -2.41. The third kappa shape index (κ3) is 1.71. The van der Waals surface area contributed by atoms with Gasteiger partial charge < -0.3 is 9.47 Å². The zero-order valence-corrected chi connectivity index (χ0v) is 14.8. The van der Waals surface area contributed by atoms with Gasteiger partial charge in [-0.2, -0.15) is 0 Å². The van der Waals surface area contributed by atoms with E-state index in [-0.39, 0.29) is 0 Å². The second-order valence-corrected chi connectivity index (χ2v) is 7.50. The second-order valence-electron chi connectivity index (χ2n) is 7.50. The molecule has 3 nitrogen and oxygen atoms in total. The molecule has 2 heterocycles. The number of hydrogen-bond acceptors (Lipinski definition) is 3. The van der Waals surface area contributed by atoms with Crippen LogP contribution in [0, 0.1) is 20.8 Å². The van der Waals surface area contributed by atoms with Crippen molar-refractivity contribution in [2.24, 2.45) is 0 Å². The fraction of sp³-hybridized carbons (Fsp3) is 0.429. The molecule has 124 valence electrons. The molecule has 2 aromatic rings. The monoisotopic (exact) mass is 321 g/mol. The Morgan fingerprint density at radius 3 is 2.62 bits per heavy atom. The molecule has 3 aliphatic rings. The van der Waals surface area contributed by atoms with Crippen LogP contribution in [0.4, 0.5) is 0 Å². The summed E-state index contributed by atoms with van der Waals surface area (Å²) in [6.07, 6.45) is 2.18. The lowest BCUT2D eigenvalue weighted by Crippen LogP contribution is -2.36. The van der Waals surface area contributed by atoms with E-state index in [4.69, 9.17) is 9.47 Å². The summed E-state index contributed by atoms with van der Waals surface area (Å²) < 4.78 is 11.8. The largest absolute Gasteiger partial charge is 0.453 e. The zero-order chi connectivity index (χ0) is 16.6. The molecule has 5 rings (SSSR count). The van der Waals surface area contributed by atoms with Crippen molar-refractivity contribution in [1.29, 1.82) is 0 Å². The summed E-state index contributed by atoms with van der Waals surface area (Å²) in [5.74, 6) is 1.94. The van der Waals surface area contributed by atoms with E-state index in [0.29, 0.717) is 12.8 Å². The highest BCUT2D eigenvalue weighted by Gasteiger charge is 2.39. The molecule has 0 amide bonds. The van der Waals surface area contributed by atoms with Crippen molar-refractivity contribution in [1.82, 2.24) is 4.90 Å². The molecule has 0 fully saturated rings. The first kappa shape index (κ1) is 14.4. The molecule has 1 atom stereocenters. The lowest BCUT2D eigenvalue weighted by atomic mass is 9.74. The van der Waals surface area contributed by atoms with E-state index in [2.05, 4.69) is 44.9 Å². The van der Waals surface area contributed by atoms with Gasteiger partial charge in [-0.3, -0.25) is 4.90 Å². The molecule has 0 spiro atoms. The van der Waals surface area contributed by atoms with Crippen molar-refractivity contribution >= 4 is 0 Å². The normalized spacial score (nSPS) is 20.8. The minimum Gasteiger partial charge on any atom is -0.453 e. The maximum Gasteiger partial charge on any atom is 0.231 e. The summed E-state index contributed by atoms with van der Waals surface area (Å²) in [6, 6.07) is 5.17. The minimum absolute atomic E-state index is 0.340. The van der Waals surface area contributed by atoms with Crippen molar-refractivity contribution in [3.05, 3.63) is 45.5 Å². The van der Waals surface area contributed by atoms with Crippen LogP contribution in [0.25, 0.3) is 11.1 Å². The van der Waals surface area contributed by atoms with Crippen molar-refractivity contribution < 1.29 is 9.47 Å². The molecule has 24 heavy (non-hydrogen) atoms. The van der Waals surface area contributed by atoms with Crippen molar-refractivity contribution in [3.8, 4) is 22.6 Å². The average molecular weight is 321 g/mol. The quantitative estimate of drug-likeness (QED) is 0.729. The van der Waals surface area contributed by atoms with Crippen LogP contribution in [0.1, 0.15) is 39.4 Å². The van der Waals surface area contributed by atoms with Gasteiger partial charge in [-0.1, -0.05) is 12.1 Å². The third-order valence-electron chi connectivity index (χ3n) is 6.21. The Labute approximate surface area is 143 Å². The molecule has 0 bridgehead atoms. The molecule has 2 aromatic carbocycles. The number of fused-ring (bicyclic) bond motifs is 4. The Kier molecular flexibility index (Phi) is 2.85. The Bertz CT molecular complexity index is 884. The van der Waals surface area contributed by atoms with E-state index in [0.717, 1.165) is 30.9 Å². The molecular weight excluding hydrogens is 298 g/mol. The number of aryl methyl sites for hydroxylation is 2. The van der Waals surface area contributed by atoms with Crippen LogP contribution in [0.15, 0.2) is 12.1 Å². The summed E-state index contributed by atoms with van der Waals surface area (Å²) in [5.41, 5.74) is 11.1. The number of ether oxygens (including phenoxy) is 2. The highest BCUT2D eigenvalue weighted by atomic mass is 16.7. The molecule has 3 heteroatoms. The highest BCUT2D eigenvalue weighted by Crippen LogP contribution is 2.55. The van der Waals surface area contributed by atoms with Gasteiger partial charge in [-0.05, 0) is 79.6 Å². The van der Waals surface area contributed by atoms with Crippen LogP contribution >= 0.6 is 0 Å². The van der Waals surface area contributed by atoms with E-state index in [9.17, 15) is 0 Å². The molecule has 1 unspecified atom stereocenters. The predicted octanol–water partition coefficient (Wildman–Crippen LogP) is 4.09. The number of hydrogen-bond donors (Lipinski definition) is 0. The zero-order valence-electron chi connectivity index (χ0n) is 14.8. The van der Waals surface area contributed by atoms with E-state index in [1.165, 1.54) is 44.5 Å². The first-order valence-corrected chi connectivity index (χ1v) is 8.82. The van der Waals surface area contributed by atoms with Crippen molar-refractivity contribution in [3.63, 3.8) is 0 Å². The van der Waals surface area contributed by atoms with Gasteiger partial charge in [0.1, 0.15) is 0 Å². The lowest BCUT2D eigenvalue weighted by molar-refractivity contribution is 0.173. The maximum absolute atomic E-state index is 5.97. The number of benzene rings is 2. The first-order chi connectivity index (χ1) is 11.6. The van der Waals surface area contributed by atoms with Gasteiger partial charge in [-0.15, -0.1) is 0 Å². The van der Waals surface area contributed by atoms with Crippen LogP contribution in [-0.2, 0) is 12.8 Å². The summed E-state index contributed by atoms with van der Waals surface area (Å²) in [6.45, 7) is 8.05. The fourth-order valence-corrected chi connectivity index (χ4v) is 4.72. The Morgan fingerprint density at radius 1 is 1.04 bits per heavy atom. The first-order valence-electron chi connectivity index (χ1n) is 8.82. The minimum atomic E-state index is 0.340. The topological polar surface area (TPSA) is 21.7 Å². The molecule has 0 radical (unpaired) electrons. The molecule has 0 aromatic heterocycles. The summed E-state index contributed by atoms with van der Waals surface area (Å²) in [5, 5.41) is 0. The van der Waals surface area contributed by atoms with Gasteiger partial charge in [0.15, 0.2) is 11.5 Å². The molecule has 0 saturated heterocycles. The van der Waals surface area contributed by atoms with Gasteiger partial charge >= 0.3 is 0 Å². The SMILES string of the molecule is Cc1cc2c(cc1C)-c1c3c(c(C)c4c1C(C2)N(C)CC4)OCO3. The summed E-state index contributed by atoms with van der Waals surface area (Å²) in [4.78, 5) is 2.51. The summed E-state index contributed by atoms with van der Waals surface area (Å²) in [7, 11) is 2.25. The van der Waals surface area contributed by atoms with Gasteiger partial charge in [0.25, 0.3) is 0 Å². The molecule has 0 N–H and O–H groups in total. The van der Waals surface area contributed by atoms with Crippen molar-refractivity contribution in [2.45, 2.75) is 39.7 Å². The molecular formula is C21H23NO2. The van der Waals surface area contributed by atoms with Crippen LogP contribution in [0.2, 0.25) is 0 Å². The van der Waals surface area contributed by atoms with Crippen LogP contribution in [0.5, 0.6) is 11.5 Å². The van der Waals surface area contributed by atoms with Crippen molar-refractivity contribution in [2.75, 3.05) is 20.4 Å².